The highest BCUT2D eigenvalue weighted by molar-refractivity contribution is 5.75. The molecule has 3 aliphatic heterocycles. The maximum absolute atomic E-state index is 11.1. The lowest BCUT2D eigenvalue weighted by Gasteiger charge is -2.50. The SMILES string of the molecule is B.C=CCc1cc(-c2nc(C)no2)ccc1OCC1(O)CN2CCC1CC2. The number of hydrogen-bond donors (Lipinski definition) is 1. The summed E-state index contributed by atoms with van der Waals surface area (Å²) in [5, 5.41) is 14.9. The van der Waals surface area contributed by atoms with E-state index in [1.165, 1.54) is 0 Å². The van der Waals surface area contributed by atoms with Crippen LogP contribution in [0, 0.1) is 12.8 Å². The van der Waals surface area contributed by atoms with E-state index < -0.39 is 5.60 Å². The zero-order valence-electron chi connectivity index (χ0n) is 15.1. The molecule has 0 aliphatic carbocycles. The lowest BCUT2D eigenvalue weighted by atomic mass is 9.76. The largest absolute Gasteiger partial charge is 0.490 e. The molecule has 5 rings (SSSR count). The van der Waals surface area contributed by atoms with E-state index in [0.29, 0.717) is 37.2 Å². The van der Waals surface area contributed by atoms with E-state index in [0.717, 1.165) is 42.8 Å². The van der Waals surface area contributed by atoms with Crippen LogP contribution in [0.3, 0.4) is 0 Å². The molecule has 1 aromatic heterocycles. The van der Waals surface area contributed by atoms with Crippen LogP contribution < -0.4 is 4.74 Å². The van der Waals surface area contributed by atoms with Gasteiger partial charge in [0.1, 0.15) is 18.0 Å². The first-order valence-corrected chi connectivity index (χ1v) is 9.19. The minimum atomic E-state index is -0.760. The Hall–Kier alpha value is -2.12. The van der Waals surface area contributed by atoms with Crippen LogP contribution in [0.5, 0.6) is 5.75 Å². The zero-order valence-corrected chi connectivity index (χ0v) is 15.1. The number of benzene rings is 1. The quantitative estimate of drug-likeness (QED) is 0.614. The van der Waals surface area contributed by atoms with Crippen molar-refractivity contribution in [2.24, 2.45) is 5.92 Å². The highest BCUT2D eigenvalue weighted by Gasteiger charge is 2.46. The average Bonchev–Trinajstić information content (AvgIpc) is 3.08. The van der Waals surface area contributed by atoms with Crippen LogP contribution in [0.15, 0.2) is 35.4 Å². The van der Waals surface area contributed by atoms with Crippen molar-refractivity contribution in [2.75, 3.05) is 26.2 Å². The fourth-order valence-corrected chi connectivity index (χ4v) is 4.09. The van der Waals surface area contributed by atoms with Crippen molar-refractivity contribution in [2.45, 2.75) is 31.8 Å². The molecular formula is C20H28BN3O3. The van der Waals surface area contributed by atoms with E-state index in [2.05, 4.69) is 21.6 Å². The van der Waals surface area contributed by atoms with Gasteiger partial charge in [-0.2, -0.15) is 4.98 Å². The average molecular weight is 369 g/mol. The predicted molar refractivity (Wildman–Crippen MR) is 108 cm³/mol. The fourth-order valence-electron chi connectivity index (χ4n) is 4.09. The molecule has 4 heterocycles. The third kappa shape index (κ3) is 3.94. The maximum Gasteiger partial charge on any atom is 0.257 e. The van der Waals surface area contributed by atoms with E-state index in [9.17, 15) is 5.11 Å². The molecular weight excluding hydrogens is 341 g/mol. The first kappa shape index (κ1) is 19.6. The number of nitrogens with zero attached hydrogens (tertiary/aromatic N) is 3. The number of ether oxygens (including phenoxy) is 1. The van der Waals surface area contributed by atoms with Gasteiger partial charge in [-0.3, -0.25) is 0 Å². The number of hydrogen-bond acceptors (Lipinski definition) is 6. The van der Waals surface area contributed by atoms with Gasteiger partial charge in [0.05, 0.1) is 8.41 Å². The third-order valence-electron chi connectivity index (χ3n) is 5.52. The van der Waals surface area contributed by atoms with E-state index in [4.69, 9.17) is 9.26 Å². The highest BCUT2D eigenvalue weighted by Crippen LogP contribution is 2.36. The minimum Gasteiger partial charge on any atom is -0.490 e. The molecule has 0 amide bonds. The smallest absolute Gasteiger partial charge is 0.257 e. The first-order valence-electron chi connectivity index (χ1n) is 9.19. The van der Waals surface area contributed by atoms with Gasteiger partial charge in [-0.1, -0.05) is 11.2 Å². The molecule has 27 heavy (non-hydrogen) atoms. The van der Waals surface area contributed by atoms with Crippen molar-refractivity contribution in [1.82, 2.24) is 15.0 Å². The van der Waals surface area contributed by atoms with Gasteiger partial charge >= 0.3 is 0 Å². The highest BCUT2D eigenvalue weighted by atomic mass is 16.5. The maximum atomic E-state index is 11.1. The number of allylic oxidation sites excluding steroid dienone is 1. The molecule has 1 atom stereocenters. The van der Waals surface area contributed by atoms with E-state index >= 15 is 0 Å². The normalized spacial score (nSPS) is 26.4. The monoisotopic (exact) mass is 369 g/mol. The van der Waals surface area contributed by atoms with Crippen molar-refractivity contribution >= 4 is 8.41 Å². The Labute approximate surface area is 161 Å². The molecule has 0 radical (unpaired) electrons. The van der Waals surface area contributed by atoms with Gasteiger partial charge in [0.25, 0.3) is 5.89 Å². The van der Waals surface area contributed by atoms with Crippen molar-refractivity contribution in [3.63, 3.8) is 0 Å². The molecule has 7 heteroatoms. The molecule has 3 saturated heterocycles. The molecule has 144 valence electrons. The number of aliphatic hydroxyl groups is 1. The van der Waals surface area contributed by atoms with Crippen LogP contribution in [0.4, 0.5) is 0 Å². The van der Waals surface area contributed by atoms with Crippen LogP contribution in [0.25, 0.3) is 11.5 Å². The summed E-state index contributed by atoms with van der Waals surface area (Å²) in [6, 6.07) is 5.82. The van der Waals surface area contributed by atoms with E-state index in [1.54, 1.807) is 6.92 Å². The number of rotatable bonds is 6. The summed E-state index contributed by atoms with van der Waals surface area (Å²) in [5.74, 6) is 2.20. The predicted octanol–water partition coefficient (Wildman–Crippen LogP) is 1.43. The second-order valence-corrected chi connectivity index (χ2v) is 7.40. The topological polar surface area (TPSA) is 71.6 Å². The molecule has 1 unspecified atom stereocenters. The number of aromatic nitrogens is 2. The van der Waals surface area contributed by atoms with Crippen LogP contribution in [-0.4, -0.2) is 60.4 Å². The summed E-state index contributed by atoms with van der Waals surface area (Å²) in [7, 11) is 0. The molecule has 3 aliphatic rings. The molecule has 2 bridgehead atoms. The Balaban J connectivity index is 0.00000210. The van der Waals surface area contributed by atoms with E-state index in [-0.39, 0.29) is 8.41 Å². The Morgan fingerprint density at radius 2 is 2.19 bits per heavy atom. The first-order chi connectivity index (χ1) is 12.6. The standard InChI is InChI=1S/C20H25N3O3.BH3/c1-3-4-15-11-16(19-21-14(2)22-26-19)5-6-18(15)25-13-20(24)12-23-9-7-17(20)8-10-23;/h3,5-6,11,17,24H,1,4,7-10,12-13H2,2H3;1H3. The van der Waals surface area contributed by atoms with Crippen LogP contribution in [0.2, 0.25) is 0 Å². The molecule has 1 aromatic carbocycles. The zero-order chi connectivity index (χ0) is 18.1. The van der Waals surface area contributed by atoms with Crippen molar-refractivity contribution in [1.29, 1.82) is 0 Å². The molecule has 1 N–H and O–H groups in total. The van der Waals surface area contributed by atoms with Crippen LogP contribution in [-0.2, 0) is 6.42 Å². The van der Waals surface area contributed by atoms with Gasteiger partial charge in [-0.15, -0.1) is 6.58 Å². The molecule has 0 spiro atoms. The van der Waals surface area contributed by atoms with Crippen molar-refractivity contribution < 1.29 is 14.4 Å². The molecule has 6 nitrogen and oxygen atoms in total. The second-order valence-electron chi connectivity index (χ2n) is 7.40. The van der Waals surface area contributed by atoms with Gasteiger partial charge in [0.2, 0.25) is 0 Å². The summed E-state index contributed by atoms with van der Waals surface area (Å²) in [5.41, 5.74) is 1.10. The third-order valence-corrected chi connectivity index (χ3v) is 5.52. The molecule has 2 aromatic rings. The Morgan fingerprint density at radius 1 is 1.41 bits per heavy atom. The van der Waals surface area contributed by atoms with Crippen molar-refractivity contribution in [3.8, 4) is 17.2 Å². The lowest BCUT2D eigenvalue weighted by Crippen LogP contribution is -2.61. The van der Waals surface area contributed by atoms with Crippen molar-refractivity contribution in [3.05, 3.63) is 42.2 Å². The lowest BCUT2D eigenvalue weighted by molar-refractivity contribution is -0.131. The Morgan fingerprint density at radius 3 is 2.78 bits per heavy atom. The fraction of sp³-hybridized carbons (Fsp3) is 0.500. The Kier molecular flexibility index (Phi) is 5.72. The van der Waals surface area contributed by atoms with Crippen LogP contribution >= 0.6 is 0 Å². The summed E-state index contributed by atoms with van der Waals surface area (Å²) >= 11 is 0. The van der Waals surface area contributed by atoms with Gasteiger partial charge in [-0.05, 0) is 69.0 Å². The van der Waals surface area contributed by atoms with Gasteiger partial charge < -0.3 is 19.3 Å². The van der Waals surface area contributed by atoms with Gasteiger partial charge in [0.15, 0.2) is 5.82 Å². The Bertz CT molecular complexity index is 802. The number of aryl methyl sites for hydroxylation is 1. The minimum absolute atomic E-state index is 0. The second kappa shape index (κ2) is 7.86. The summed E-state index contributed by atoms with van der Waals surface area (Å²) < 4.78 is 11.3. The summed E-state index contributed by atoms with van der Waals surface area (Å²) in [6.07, 6.45) is 4.61. The summed E-state index contributed by atoms with van der Waals surface area (Å²) in [6.45, 7) is 8.83. The van der Waals surface area contributed by atoms with E-state index in [1.807, 2.05) is 24.3 Å². The molecule has 3 fully saturated rings. The molecule has 0 saturated carbocycles. The number of fused-ring (bicyclic) bond motifs is 3. The summed E-state index contributed by atoms with van der Waals surface area (Å²) in [4.78, 5) is 6.61. The van der Waals surface area contributed by atoms with Gasteiger partial charge in [0, 0.05) is 12.1 Å². The number of piperidine rings is 3. The van der Waals surface area contributed by atoms with Gasteiger partial charge in [-0.25, -0.2) is 0 Å². The van der Waals surface area contributed by atoms with Crippen LogP contribution in [0.1, 0.15) is 24.2 Å².